The molecule has 8 heteroatoms. The maximum absolute atomic E-state index is 11.6. The average molecular weight is 272 g/mol. The number of hydrogen-bond acceptors (Lipinski definition) is 6. The van der Waals surface area contributed by atoms with Crippen LogP contribution in [0.25, 0.3) is 0 Å². The first-order valence-electron chi connectivity index (χ1n) is 4.51. The van der Waals surface area contributed by atoms with Crippen LogP contribution in [0, 0.1) is 0 Å². The molecule has 0 amide bonds. The summed E-state index contributed by atoms with van der Waals surface area (Å²) >= 11 is 0. The summed E-state index contributed by atoms with van der Waals surface area (Å²) in [5.74, 6) is 0. The Bertz CT molecular complexity index is 268. The molecule has 0 N–H and O–H groups in total. The third-order valence-corrected chi connectivity index (χ3v) is 5.48. The second-order valence-electron chi connectivity index (χ2n) is 2.79. The van der Waals surface area contributed by atoms with E-state index in [4.69, 9.17) is 18.1 Å². The number of rotatable bonds is 8. The summed E-state index contributed by atoms with van der Waals surface area (Å²) in [4.78, 5) is 0. The first-order valence-corrected chi connectivity index (χ1v) is 7.97. The van der Waals surface area contributed by atoms with Gasteiger partial charge >= 0.3 is 15.2 Å². The van der Waals surface area contributed by atoms with Gasteiger partial charge < -0.3 is 18.1 Å². The highest BCUT2D eigenvalue weighted by atomic mass is 31.2. The number of hydrogen-bond donors (Lipinski definition) is 0. The maximum atomic E-state index is 11.6. The van der Waals surface area contributed by atoms with E-state index in [1.807, 2.05) is 0 Å². The molecule has 0 saturated heterocycles. The minimum atomic E-state index is -3.04. The van der Waals surface area contributed by atoms with Gasteiger partial charge in [0, 0.05) is 28.4 Å². The van der Waals surface area contributed by atoms with Crippen LogP contribution in [0.4, 0.5) is 0 Å². The second kappa shape index (κ2) is 7.38. The number of allylic oxidation sites excluding steroid dienone is 2. The van der Waals surface area contributed by atoms with E-state index in [0.29, 0.717) is 0 Å². The van der Waals surface area contributed by atoms with Gasteiger partial charge in [0.25, 0.3) is 0 Å². The van der Waals surface area contributed by atoms with Crippen LogP contribution in [-0.2, 0) is 27.2 Å². The zero-order valence-corrected chi connectivity index (χ0v) is 11.7. The summed E-state index contributed by atoms with van der Waals surface area (Å²) in [6, 6.07) is 0. The highest BCUT2D eigenvalue weighted by molar-refractivity contribution is 7.54. The minimum Gasteiger partial charge on any atom is -0.312 e. The van der Waals surface area contributed by atoms with Gasteiger partial charge in [-0.3, -0.25) is 9.13 Å². The molecule has 0 aromatic heterocycles. The SMILES string of the molecule is COP(=O)(CC=CCP(=O)(OC)OC)OC. The van der Waals surface area contributed by atoms with Gasteiger partial charge in [-0.25, -0.2) is 0 Å². The molecule has 0 saturated carbocycles. The fourth-order valence-electron chi connectivity index (χ4n) is 0.854. The third kappa shape index (κ3) is 5.39. The molecule has 96 valence electrons. The van der Waals surface area contributed by atoms with E-state index in [1.165, 1.54) is 28.4 Å². The summed E-state index contributed by atoms with van der Waals surface area (Å²) in [6.45, 7) is 0. The van der Waals surface area contributed by atoms with Gasteiger partial charge in [-0.05, 0) is 0 Å². The Balaban J connectivity index is 4.23. The summed E-state index contributed by atoms with van der Waals surface area (Å²) in [7, 11) is -0.825. The Morgan fingerprint density at radius 1 is 0.750 bits per heavy atom. The molecule has 0 rings (SSSR count). The van der Waals surface area contributed by atoms with Crippen molar-refractivity contribution in [3.05, 3.63) is 12.2 Å². The summed E-state index contributed by atoms with van der Waals surface area (Å²) in [5.41, 5.74) is 0. The van der Waals surface area contributed by atoms with Crippen LogP contribution < -0.4 is 0 Å². The first-order chi connectivity index (χ1) is 7.45. The Morgan fingerprint density at radius 3 is 1.19 bits per heavy atom. The normalized spacial score (nSPS) is 13.5. The lowest BCUT2D eigenvalue weighted by molar-refractivity contribution is 0.277. The molecule has 0 fully saturated rings. The van der Waals surface area contributed by atoms with Crippen LogP contribution in [0.1, 0.15) is 0 Å². The zero-order chi connectivity index (χ0) is 12.7. The minimum absolute atomic E-state index is 0.118. The van der Waals surface area contributed by atoms with Crippen molar-refractivity contribution in [2.75, 3.05) is 40.8 Å². The van der Waals surface area contributed by atoms with Crippen molar-refractivity contribution >= 4 is 15.2 Å². The van der Waals surface area contributed by atoms with Crippen LogP contribution in [0.5, 0.6) is 0 Å². The Morgan fingerprint density at radius 2 is 1.00 bits per heavy atom. The molecule has 0 aromatic carbocycles. The van der Waals surface area contributed by atoms with Gasteiger partial charge in [0.1, 0.15) is 0 Å². The zero-order valence-electron chi connectivity index (χ0n) is 9.91. The molecule has 0 atom stereocenters. The van der Waals surface area contributed by atoms with E-state index in [9.17, 15) is 9.13 Å². The van der Waals surface area contributed by atoms with Gasteiger partial charge in [0.2, 0.25) is 0 Å². The Kier molecular flexibility index (Phi) is 7.40. The molecule has 0 bridgehead atoms. The quantitative estimate of drug-likeness (QED) is 0.499. The third-order valence-electron chi connectivity index (χ3n) is 1.94. The van der Waals surface area contributed by atoms with Crippen LogP contribution >= 0.6 is 15.2 Å². The topological polar surface area (TPSA) is 71.1 Å². The average Bonchev–Trinajstić information content (AvgIpc) is 2.34. The maximum Gasteiger partial charge on any atom is 0.333 e. The highest BCUT2D eigenvalue weighted by Gasteiger charge is 2.20. The molecule has 0 aromatic rings. The van der Waals surface area contributed by atoms with Gasteiger partial charge in [-0.1, -0.05) is 12.2 Å². The summed E-state index contributed by atoms with van der Waals surface area (Å²) in [5, 5.41) is 0. The molecule has 0 unspecified atom stereocenters. The van der Waals surface area contributed by atoms with E-state index in [1.54, 1.807) is 12.2 Å². The molecule has 16 heavy (non-hydrogen) atoms. The fourth-order valence-corrected chi connectivity index (χ4v) is 2.56. The van der Waals surface area contributed by atoms with Crippen LogP contribution in [0.3, 0.4) is 0 Å². The first kappa shape index (κ1) is 16.0. The molecule has 0 heterocycles. The van der Waals surface area contributed by atoms with Crippen molar-refractivity contribution in [3.63, 3.8) is 0 Å². The molecule has 0 aliphatic carbocycles. The van der Waals surface area contributed by atoms with Crippen LogP contribution in [-0.4, -0.2) is 40.8 Å². The molecule has 0 radical (unpaired) electrons. The van der Waals surface area contributed by atoms with E-state index < -0.39 is 15.2 Å². The summed E-state index contributed by atoms with van der Waals surface area (Å²) < 4.78 is 42.1. The molecular formula is C8H18O6P2. The van der Waals surface area contributed by atoms with Crippen LogP contribution in [0.2, 0.25) is 0 Å². The lowest BCUT2D eigenvalue weighted by Crippen LogP contribution is -1.94. The predicted octanol–water partition coefficient (Wildman–Crippen LogP) is 2.51. The Hall–Kier alpha value is 0.0400. The van der Waals surface area contributed by atoms with Crippen molar-refractivity contribution in [1.82, 2.24) is 0 Å². The largest absolute Gasteiger partial charge is 0.333 e. The molecule has 0 spiro atoms. The van der Waals surface area contributed by atoms with Gasteiger partial charge in [-0.15, -0.1) is 0 Å². The molecular weight excluding hydrogens is 254 g/mol. The van der Waals surface area contributed by atoms with E-state index in [0.717, 1.165) is 0 Å². The van der Waals surface area contributed by atoms with E-state index in [-0.39, 0.29) is 12.3 Å². The lowest BCUT2D eigenvalue weighted by Gasteiger charge is -2.12. The fraction of sp³-hybridized carbons (Fsp3) is 0.750. The summed E-state index contributed by atoms with van der Waals surface area (Å²) in [6.07, 6.45) is 3.37. The second-order valence-corrected chi connectivity index (χ2v) is 7.42. The van der Waals surface area contributed by atoms with Crippen molar-refractivity contribution in [2.24, 2.45) is 0 Å². The lowest BCUT2D eigenvalue weighted by atomic mass is 10.6. The molecule has 6 nitrogen and oxygen atoms in total. The van der Waals surface area contributed by atoms with Gasteiger partial charge in [0.15, 0.2) is 0 Å². The van der Waals surface area contributed by atoms with Gasteiger partial charge in [-0.2, -0.15) is 0 Å². The highest BCUT2D eigenvalue weighted by Crippen LogP contribution is 2.48. The van der Waals surface area contributed by atoms with E-state index in [2.05, 4.69) is 0 Å². The van der Waals surface area contributed by atoms with Crippen molar-refractivity contribution in [3.8, 4) is 0 Å². The molecule has 0 aliphatic rings. The van der Waals surface area contributed by atoms with Crippen molar-refractivity contribution in [1.29, 1.82) is 0 Å². The van der Waals surface area contributed by atoms with Crippen molar-refractivity contribution < 1.29 is 27.2 Å². The smallest absolute Gasteiger partial charge is 0.312 e. The van der Waals surface area contributed by atoms with Gasteiger partial charge in [0.05, 0.1) is 12.3 Å². The molecule has 0 aliphatic heterocycles. The predicted molar refractivity (Wildman–Crippen MR) is 62.1 cm³/mol. The Labute approximate surface area is 96.0 Å². The standard InChI is InChI=1S/C8H18O6P2/c1-11-15(9,12-2)7-5-6-8-16(10,13-3)14-4/h5-6H,7-8H2,1-4H3. The van der Waals surface area contributed by atoms with Crippen molar-refractivity contribution in [2.45, 2.75) is 0 Å². The monoisotopic (exact) mass is 272 g/mol. The van der Waals surface area contributed by atoms with Crippen LogP contribution in [0.15, 0.2) is 12.2 Å². The van der Waals surface area contributed by atoms with E-state index >= 15 is 0 Å².